The van der Waals surface area contributed by atoms with E-state index in [1.54, 1.807) is 41.3 Å². The van der Waals surface area contributed by atoms with E-state index < -0.39 is 17.8 Å². The molecule has 1 amide bonds. The molecular weight excluding hydrogens is 413 g/mol. The second-order valence-corrected chi connectivity index (χ2v) is 6.32. The number of pyridine rings is 1. The highest BCUT2D eigenvalue weighted by Gasteiger charge is 2.33. The molecule has 0 radical (unpaired) electrons. The molecule has 0 fully saturated rings. The Kier molecular flexibility index (Phi) is 4.82. The van der Waals surface area contributed by atoms with Gasteiger partial charge >= 0.3 is 6.18 Å². The van der Waals surface area contributed by atoms with Crippen molar-refractivity contribution in [1.82, 2.24) is 14.8 Å². The lowest BCUT2D eigenvalue weighted by Crippen LogP contribution is -2.17. The van der Waals surface area contributed by atoms with E-state index in [4.69, 9.17) is 0 Å². The summed E-state index contributed by atoms with van der Waals surface area (Å²) in [5.41, 5.74) is 0.107. The van der Waals surface area contributed by atoms with Gasteiger partial charge in [0.1, 0.15) is 5.69 Å². The van der Waals surface area contributed by atoms with Crippen LogP contribution in [0.25, 0.3) is 5.69 Å². The Morgan fingerprint density at radius 3 is 2.54 bits per heavy atom. The van der Waals surface area contributed by atoms with Crippen LogP contribution in [0.5, 0.6) is 0 Å². The van der Waals surface area contributed by atoms with Gasteiger partial charge in [-0.3, -0.25) is 4.79 Å². The van der Waals surface area contributed by atoms with Crippen LogP contribution < -0.4 is 5.32 Å². The van der Waals surface area contributed by atoms with E-state index >= 15 is 0 Å². The van der Waals surface area contributed by atoms with Crippen LogP contribution in [0, 0.1) is 6.92 Å². The summed E-state index contributed by atoms with van der Waals surface area (Å²) in [6.45, 7) is 1.36. The maximum absolute atomic E-state index is 12.7. The minimum absolute atomic E-state index is 0.00311. The van der Waals surface area contributed by atoms with Crippen molar-refractivity contribution in [2.24, 2.45) is 0 Å². The van der Waals surface area contributed by atoms with Crippen LogP contribution in [0.2, 0.25) is 0 Å². The first-order valence-corrected chi connectivity index (χ1v) is 8.21. The van der Waals surface area contributed by atoms with Gasteiger partial charge in [0.05, 0.1) is 33.3 Å². The Labute approximate surface area is 155 Å². The molecule has 1 N–H and O–H groups in total. The number of carbonyl (C=O) groups excluding carboxylic acids is 1. The molecule has 26 heavy (non-hydrogen) atoms. The van der Waals surface area contributed by atoms with Gasteiger partial charge in [0, 0.05) is 6.20 Å². The summed E-state index contributed by atoms with van der Waals surface area (Å²) in [4.78, 5) is 16.0. The van der Waals surface area contributed by atoms with Gasteiger partial charge in [0.25, 0.3) is 5.91 Å². The highest BCUT2D eigenvalue weighted by molar-refractivity contribution is 9.10. The van der Waals surface area contributed by atoms with Crippen molar-refractivity contribution in [3.05, 3.63) is 70.2 Å². The predicted molar refractivity (Wildman–Crippen MR) is 93.2 cm³/mol. The second kappa shape index (κ2) is 6.91. The minimum atomic E-state index is -4.56. The summed E-state index contributed by atoms with van der Waals surface area (Å²) >= 11 is 3.30. The van der Waals surface area contributed by atoms with Crippen molar-refractivity contribution < 1.29 is 18.0 Å². The van der Waals surface area contributed by atoms with Gasteiger partial charge in [-0.25, -0.2) is 9.67 Å². The maximum atomic E-state index is 12.7. The van der Waals surface area contributed by atoms with E-state index in [0.717, 1.165) is 16.6 Å². The van der Waals surface area contributed by atoms with Crippen LogP contribution in [-0.4, -0.2) is 20.7 Å². The number of para-hydroxylation sites is 2. The number of nitrogens with zero attached hydrogens (tertiary/aromatic N) is 3. The predicted octanol–water partition coefficient (Wildman–Crippen LogP) is 4.61. The van der Waals surface area contributed by atoms with Crippen molar-refractivity contribution in [1.29, 1.82) is 0 Å². The summed E-state index contributed by atoms with van der Waals surface area (Å²) in [7, 11) is 0. The number of aromatic nitrogens is 3. The van der Waals surface area contributed by atoms with Crippen LogP contribution in [0.4, 0.5) is 18.9 Å². The number of halogens is 4. The average molecular weight is 425 g/mol. The fourth-order valence-electron chi connectivity index (χ4n) is 2.36. The molecule has 1 aromatic carbocycles. The number of alkyl halides is 3. The van der Waals surface area contributed by atoms with Gasteiger partial charge in [-0.15, -0.1) is 0 Å². The molecular formula is C17H12BrF3N4O. The van der Waals surface area contributed by atoms with Crippen molar-refractivity contribution in [3.63, 3.8) is 0 Å². The number of rotatable bonds is 3. The quantitative estimate of drug-likeness (QED) is 0.667. The molecule has 0 unspecified atom stereocenters. The molecule has 0 saturated carbocycles. The van der Waals surface area contributed by atoms with Crippen molar-refractivity contribution in [2.45, 2.75) is 13.1 Å². The molecule has 134 valence electrons. The number of hydrogen-bond donors (Lipinski definition) is 1. The van der Waals surface area contributed by atoms with Gasteiger partial charge in [-0.2, -0.15) is 18.3 Å². The number of aryl methyl sites for hydroxylation is 1. The number of carbonyl (C=O) groups is 1. The van der Waals surface area contributed by atoms with Crippen molar-refractivity contribution >= 4 is 27.5 Å². The average Bonchev–Trinajstić information content (AvgIpc) is 3.00. The van der Waals surface area contributed by atoms with Crippen LogP contribution in [-0.2, 0) is 6.18 Å². The largest absolute Gasteiger partial charge is 0.433 e. The maximum Gasteiger partial charge on any atom is 0.433 e. The number of amides is 1. The molecule has 3 aromatic rings. The molecule has 5 nitrogen and oxygen atoms in total. The van der Waals surface area contributed by atoms with E-state index in [9.17, 15) is 18.0 Å². The van der Waals surface area contributed by atoms with Crippen LogP contribution in [0.15, 0.2) is 53.3 Å². The highest BCUT2D eigenvalue weighted by Crippen LogP contribution is 2.28. The summed E-state index contributed by atoms with van der Waals surface area (Å²) < 4.78 is 40.5. The van der Waals surface area contributed by atoms with E-state index in [1.807, 2.05) is 0 Å². The van der Waals surface area contributed by atoms with Crippen molar-refractivity contribution in [2.75, 3.05) is 5.32 Å². The first-order valence-electron chi connectivity index (χ1n) is 7.41. The zero-order valence-electron chi connectivity index (χ0n) is 13.4. The molecule has 0 spiro atoms. The summed E-state index contributed by atoms with van der Waals surface area (Å²) in [6.07, 6.45) is -1.24. The van der Waals surface area contributed by atoms with Crippen LogP contribution in [0.1, 0.15) is 21.7 Å². The van der Waals surface area contributed by atoms with E-state index in [2.05, 4.69) is 31.3 Å². The number of benzene rings is 1. The van der Waals surface area contributed by atoms with Gasteiger partial charge < -0.3 is 5.32 Å². The van der Waals surface area contributed by atoms with Gasteiger partial charge in [-0.1, -0.05) is 12.1 Å². The third-order valence-corrected chi connectivity index (χ3v) is 3.98. The summed E-state index contributed by atoms with van der Waals surface area (Å²) in [5.74, 6) is -0.553. The molecule has 2 aromatic heterocycles. The fourth-order valence-corrected chi connectivity index (χ4v) is 2.65. The van der Waals surface area contributed by atoms with Gasteiger partial charge in [0.15, 0.2) is 0 Å². The zero-order chi connectivity index (χ0) is 18.9. The zero-order valence-corrected chi connectivity index (χ0v) is 15.0. The number of anilines is 1. The number of nitrogens with one attached hydrogen (secondary N) is 1. The van der Waals surface area contributed by atoms with Crippen LogP contribution in [0.3, 0.4) is 0 Å². The summed E-state index contributed by atoms with van der Waals surface area (Å²) in [6, 6.07) is 8.86. The lowest BCUT2D eigenvalue weighted by Gasteiger charge is -2.13. The fraction of sp³-hybridized carbons (Fsp3) is 0.118. The third-order valence-electron chi connectivity index (χ3n) is 3.57. The number of hydrogen-bond acceptors (Lipinski definition) is 3. The standard InChI is InChI=1S/C17H12BrF3N4O/c1-10-12(6-7-15(23-10)17(19,20)21)16(26)24-13-4-2-3-5-14(13)25-9-11(18)8-22-25/h2-9H,1H3,(H,24,26). The molecule has 0 atom stereocenters. The Hall–Kier alpha value is -2.68. The third kappa shape index (κ3) is 3.77. The van der Waals surface area contributed by atoms with Gasteiger partial charge in [-0.05, 0) is 47.1 Å². The first-order chi connectivity index (χ1) is 12.3. The van der Waals surface area contributed by atoms with Crippen LogP contribution >= 0.6 is 15.9 Å². The molecule has 2 heterocycles. The summed E-state index contributed by atoms with van der Waals surface area (Å²) in [5, 5.41) is 6.86. The Balaban J connectivity index is 1.90. The molecule has 0 aliphatic carbocycles. The lowest BCUT2D eigenvalue weighted by molar-refractivity contribution is -0.141. The SMILES string of the molecule is Cc1nc(C(F)(F)F)ccc1C(=O)Nc1ccccc1-n1cc(Br)cn1. The topological polar surface area (TPSA) is 59.8 Å². The van der Waals surface area contributed by atoms with E-state index in [1.165, 1.54) is 6.92 Å². The van der Waals surface area contributed by atoms with E-state index in [0.29, 0.717) is 11.4 Å². The monoisotopic (exact) mass is 424 g/mol. The first kappa shape index (κ1) is 18.1. The molecule has 3 rings (SSSR count). The van der Waals surface area contributed by atoms with Crippen molar-refractivity contribution in [3.8, 4) is 5.69 Å². The second-order valence-electron chi connectivity index (χ2n) is 5.40. The molecule has 9 heteroatoms. The minimum Gasteiger partial charge on any atom is -0.320 e. The lowest BCUT2D eigenvalue weighted by atomic mass is 10.1. The Morgan fingerprint density at radius 1 is 1.19 bits per heavy atom. The molecule has 0 aliphatic heterocycles. The molecule has 0 bridgehead atoms. The van der Waals surface area contributed by atoms with E-state index in [-0.39, 0.29) is 11.3 Å². The smallest absolute Gasteiger partial charge is 0.320 e. The van der Waals surface area contributed by atoms with Gasteiger partial charge in [0.2, 0.25) is 0 Å². The molecule has 0 saturated heterocycles. The Morgan fingerprint density at radius 2 is 1.92 bits per heavy atom. The normalized spacial score (nSPS) is 11.4. The Bertz CT molecular complexity index is 969. The molecule has 0 aliphatic rings. The highest BCUT2D eigenvalue weighted by atomic mass is 79.9.